The summed E-state index contributed by atoms with van der Waals surface area (Å²) in [7, 11) is 0. The van der Waals surface area contributed by atoms with Gasteiger partial charge in [0.2, 0.25) is 12.1 Å². The molecule has 0 radical (unpaired) electrons. The molecule has 1 atom stereocenters. The van der Waals surface area contributed by atoms with Gasteiger partial charge in [-0.2, -0.15) is 0 Å². The van der Waals surface area contributed by atoms with Crippen molar-refractivity contribution in [3.8, 4) is 0 Å². The van der Waals surface area contributed by atoms with Gasteiger partial charge in [0, 0.05) is 0 Å². The minimum Gasteiger partial charge on any atom is -0.321 e. The number of alkyl halides is 3. The highest BCUT2D eigenvalue weighted by Gasteiger charge is 2.37. The molecule has 1 amide bonds. The van der Waals surface area contributed by atoms with Crippen molar-refractivity contribution in [2.24, 2.45) is 0 Å². The van der Waals surface area contributed by atoms with Crippen LogP contribution in [-0.4, -0.2) is 21.9 Å². The number of hydrogen-bond donors (Lipinski definition) is 2. The maximum Gasteiger partial charge on any atom is 0.262 e. The van der Waals surface area contributed by atoms with E-state index in [1.165, 1.54) is 0 Å². The molecular formula is C13H18Cl3N2O+. The third-order valence-corrected chi connectivity index (χ3v) is 3.16. The molecule has 1 aromatic rings. The summed E-state index contributed by atoms with van der Waals surface area (Å²) < 4.78 is -1.55. The van der Waals surface area contributed by atoms with Crippen molar-refractivity contribution < 1.29 is 10.1 Å². The van der Waals surface area contributed by atoms with E-state index in [1.54, 1.807) is 0 Å². The molecule has 3 nitrogen and oxygen atoms in total. The van der Waals surface area contributed by atoms with Gasteiger partial charge in [-0.3, -0.25) is 4.79 Å². The lowest BCUT2D eigenvalue weighted by molar-refractivity contribution is -0.718. The number of hydrogen-bond acceptors (Lipinski definition) is 1. The topological polar surface area (TPSA) is 45.7 Å². The highest BCUT2D eigenvalue weighted by molar-refractivity contribution is 6.68. The zero-order chi connectivity index (χ0) is 14.5. The Kier molecular flexibility index (Phi) is 6.40. The van der Waals surface area contributed by atoms with Crippen molar-refractivity contribution in [2.75, 3.05) is 0 Å². The third-order valence-electron chi connectivity index (χ3n) is 2.45. The van der Waals surface area contributed by atoms with Crippen molar-refractivity contribution in [1.82, 2.24) is 5.32 Å². The Labute approximate surface area is 128 Å². The van der Waals surface area contributed by atoms with Gasteiger partial charge < -0.3 is 10.6 Å². The van der Waals surface area contributed by atoms with Gasteiger partial charge in [-0.05, 0) is 19.4 Å². The summed E-state index contributed by atoms with van der Waals surface area (Å²) in [6, 6.07) is 9.65. The maximum atomic E-state index is 11.9. The van der Waals surface area contributed by atoms with E-state index in [0.29, 0.717) is 0 Å². The normalized spacial score (nSPS) is 13.4. The molecule has 1 rings (SSSR count). The molecule has 1 aromatic carbocycles. The number of amides is 1. The van der Waals surface area contributed by atoms with Crippen molar-refractivity contribution >= 4 is 40.7 Å². The monoisotopic (exact) mass is 323 g/mol. The van der Waals surface area contributed by atoms with E-state index in [-0.39, 0.29) is 18.4 Å². The molecule has 3 N–H and O–H groups in total. The standard InChI is InChI=1S/C13H17Cl3N2O/c1-9(2)17-12(13(14,15)16)18-11(19)8-10-6-4-3-5-7-10/h3-7,9,12,17H,8H2,1-2H3,(H,18,19)/p+1/t12-/m0/s1. The predicted molar refractivity (Wildman–Crippen MR) is 79.4 cm³/mol. The Bertz CT molecular complexity index is 404. The van der Waals surface area contributed by atoms with Crippen molar-refractivity contribution in [3.05, 3.63) is 35.9 Å². The molecule has 0 saturated heterocycles. The van der Waals surface area contributed by atoms with Crippen LogP contribution in [0.3, 0.4) is 0 Å². The predicted octanol–water partition coefficient (Wildman–Crippen LogP) is 2.01. The van der Waals surface area contributed by atoms with Crippen LogP contribution < -0.4 is 10.6 Å². The zero-order valence-electron chi connectivity index (χ0n) is 10.9. The fourth-order valence-corrected chi connectivity index (χ4v) is 2.01. The maximum absolute atomic E-state index is 11.9. The van der Waals surface area contributed by atoms with Crippen LogP contribution in [0, 0.1) is 0 Å². The molecule has 0 bridgehead atoms. The summed E-state index contributed by atoms with van der Waals surface area (Å²) in [5, 5.41) is 4.56. The molecule has 0 unspecified atom stereocenters. The van der Waals surface area contributed by atoms with Gasteiger partial charge in [0.15, 0.2) is 0 Å². The van der Waals surface area contributed by atoms with Gasteiger partial charge in [0.1, 0.15) is 0 Å². The van der Waals surface area contributed by atoms with E-state index in [2.05, 4.69) is 5.32 Å². The summed E-state index contributed by atoms with van der Waals surface area (Å²) in [4.78, 5) is 11.9. The molecule has 0 heterocycles. The summed E-state index contributed by atoms with van der Waals surface area (Å²) in [5.41, 5.74) is 0.924. The zero-order valence-corrected chi connectivity index (χ0v) is 13.1. The van der Waals surface area contributed by atoms with Crippen LogP contribution in [0.15, 0.2) is 30.3 Å². The van der Waals surface area contributed by atoms with Crippen LogP contribution in [0.4, 0.5) is 0 Å². The van der Waals surface area contributed by atoms with Gasteiger partial charge in [0.05, 0.1) is 12.5 Å². The van der Waals surface area contributed by atoms with E-state index in [0.717, 1.165) is 5.56 Å². The lowest BCUT2D eigenvalue weighted by Crippen LogP contribution is -2.99. The number of carbonyl (C=O) groups excluding carboxylic acids is 1. The van der Waals surface area contributed by atoms with Crippen molar-refractivity contribution in [3.63, 3.8) is 0 Å². The second kappa shape index (κ2) is 7.34. The molecule has 6 heteroatoms. The fourth-order valence-electron chi connectivity index (χ4n) is 1.63. The first-order valence-corrected chi connectivity index (χ1v) is 7.17. The van der Waals surface area contributed by atoms with E-state index in [9.17, 15) is 4.79 Å². The Morgan fingerprint density at radius 1 is 1.26 bits per heavy atom. The number of benzene rings is 1. The minimum atomic E-state index is -1.55. The Hall–Kier alpha value is -0.480. The highest BCUT2D eigenvalue weighted by atomic mass is 35.6. The van der Waals surface area contributed by atoms with Crippen LogP contribution >= 0.6 is 34.8 Å². The van der Waals surface area contributed by atoms with E-state index < -0.39 is 9.96 Å². The summed E-state index contributed by atoms with van der Waals surface area (Å²) in [6.45, 7) is 3.93. The highest BCUT2D eigenvalue weighted by Crippen LogP contribution is 2.27. The minimum absolute atomic E-state index is 0.167. The molecule has 0 aliphatic carbocycles. The largest absolute Gasteiger partial charge is 0.321 e. The smallest absolute Gasteiger partial charge is 0.262 e. The first kappa shape index (κ1) is 16.6. The summed E-state index contributed by atoms with van der Waals surface area (Å²) in [6.07, 6.45) is -0.335. The van der Waals surface area contributed by atoms with Gasteiger partial charge in [-0.1, -0.05) is 65.1 Å². The van der Waals surface area contributed by atoms with E-state index in [1.807, 2.05) is 49.5 Å². The molecular weight excluding hydrogens is 307 g/mol. The molecule has 0 aliphatic heterocycles. The average molecular weight is 325 g/mol. The molecule has 0 spiro atoms. The Morgan fingerprint density at radius 2 is 1.84 bits per heavy atom. The van der Waals surface area contributed by atoms with Crippen LogP contribution in [0.2, 0.25) is 0 Å². The van der Waals surface area contributed by atoms with Crippen LogP contribution in [0.25, 0.3) is 0 Å². The molecule has 106 valence electrons. The molecule has 0 saturated carbocycles. The number of rotatable bonds is 5. The molecule has 19 heavy (non-hydrogen) atoms. The van der Waals surface area contributed by atoms with Gasteiger partial charge in [-0.25, -0.2) is 0 Å². The van der Waals surface area contributed by atoms with Crippen LogP contribution in [0.1, 0.15) is 19.4 Å². The van der Waals surface area contributed by atoms with Crippen molar-refractivity contribution in [1.29, 1.82) is 0 Å². The molecule has 0 aromatic heterocycles. The summed E-state index contributed by atoms with van der Waals surface area (Å²) in [5.74, 6) is -0.167. The van der Waals surface area contributed by atoms with Gasteiger partial charge in [0.25, 0.3) is 3.79 Å². The number of nitrogens with one attached hydrogen (secondary N) is 1. The number of quaternary nitrogens is 1. The lowest BCUT2D eigenvalue weighted by atomic mass is 10.1. The lowest BCUT2D eigenvalue weighted by Gasteiger charge is -2.25. The Balaban J connectivity index is 2.61. The fraction of sp³-hybridized carbons (Fsp3) is 0.462. The second-order valence-electron chi connectivity index (χ2n) is 4.69. The first-order valence-electron chi connectivity index (χ1n) is 6.04. The first-order chi connectivity index (χ1) is 8.79. The van der Waals surface area contributed by atoms with Gasteiger partial charge >= 0.3 is 0 Å². The molecule has 0 fully saturated rings. The van der Waals surface area contributed by atoms with E-state index >= 15 is 0 Å². The number of halogens is 3. The van der Waals surface area contributed by atoms with Crippen LogP contribution in [0.5, 0.6) is 0 Å². The van der Waals surface area contributed by atoms with Crippen LogP contribution in [-0.2, 0) is 11.2 Å². The average Bonchev–Trinajstić information content (AvgIpc) is 2.27. The molecule has 0 aliphatic rings. The number of nitrogens with two attached hydrogens (primary N) is 1. The SMILES string of the molecule is CC(C)[NH2+][C@@H](NC(=O)Cc1ccccc1)C(Cl)(Cl)Cl. The van der Waals surface area contributed by atoms with E-state index in [4.69, 9.17) is 34.8 Å². The van der Waals surface area contributed by atoms with Crippen molar-refractivity contribution in [2.45, 2.75) is 36.3 Å². The second-order valence-corrected chi connectivity index (χ2v) is 7.05. The summed E-state index contributed by atoms with van der Waals surface area (Å²) >= 11 is 17.6. The number of carbonyl (C=O) groups is 1. The Morgan fingerprint density at radius 3 is 2.32 bits per heavy atom. The quantitative estimate of drug-likeness (QED) is 0.632. The third kappa shape index (κ3) is 6.48. The van der Waals surface area contributed by atoms with Gasteiger partial charge in [-0.15, -0.1) is 0 Å².